The molecule has 0 atom stereocenters. The molecule has 0 amide bonds. The molecule has 1 aromatic carbocycles. The quantitative estimate of drug-likeness (QED) is 0.751. The molecule has 0 saturated carbocycles. The van der Waals surface area contributed by atoms with Crippen LogP contribution in [0.1, 0.15) is 22.0 Å². The summed E-state index contributed by atoms with van der Waals surface area (Å²) in [5, 5.41) is 3.95. The van der Waals surface area contributed by atoms with Crippen molar-refractivity contribution >= 4 is 5.97 Å². The summed E-state index contributed by atoms with van der Waals surface area (Å²) in [5.41, 5.74) is 0.938. The van der Waals surface area contributed by atoms with Crippen molar-refractivity contribution in [3.05, 3.63) is 47.5 Å². The van der Waals surface area contributed by atoms with E-state index in [1.54, 1.807) is 18.7 Å². The number of nitrogens with zero attached hydrogens (tertiary/aromatic N) is 3. The summed E-state index contributed by atoms with van der Waals surface area (Å²) in [6.07, 6.45) is 0. The van der Waals surface area contributed by atoms with Crippen LogP contribution in [0.2, 0.25) is 0 Å². The smallest absolute Gasteiger partial charge is 0.378 e. The molecule has 1 aromatic heterocycles. The highest BCUT2D eigenvalue weighted by molar-refractivity contribution is 5.84. The summed E-state index contributed by atoms with van der Waals surface area (Å²) < 4.78 is 6.65. The number of esters is 1. The molecule has 17 heavy (non-hydrogen) atoms. The van der Waals surface area contributed by atoms with E-state index in [4.69, 9.17) is 4.74 Å². The Morgan fingerprint density at radius 1 is 1.35 bits per heavy atom. The van der Waals surface area contributed by atoms with Gasteiger partial charge in [-0.15, -0.1) is 5.10 Å². The number of ether oxygens (including phenoxy) is 1. The standard InChI is InChI=1S/C12H13N3O2/c1-9-13-11(14-15(9)2)12(16)17-8-10-6-4-3-5-7-10/h3-7H,8H2,1-2H3. The van der Waals surface area contributed by atoms with Crippen molar-refractivity contribution in [2.24, 2.45) is 7.05 Å². The van der Waals surface area contributed by atoms with Crippen LogP contribution in [0, 0.1) is 6.92 Å². The third kappa shape index (κ3) is 2.69. The Morgan fingerprint density at radius 2 is 2.06 bits per heavy atom. The summed E-state index contributed by atoms with van der Waals surface area (Å²) in [5.74, 6) is 0.273. The van der Waals surface area contributed by atoms with Crippen LogP contribution < -0.4 is 0 Å². The van der Waals surface area contributed by atoms with E-state index in [-0.39, 0.29) is 12.4 Å². The molecule has 1 heterocycles. The van der Waals surface area contributed by atoms with Gasteiger partial charge in [0.15, 0.2) is 0 Å². The predicted octanol–water partition coefficient (Wildman–Crippen LogP) is 1.48. The molecule has 0 aliphatic heterocycles. The van der Waals surface area contributed by atoms with Crippen LogP contribution in [0.4, 0.5) is 0 Å². The van der Waals surface area contributed by atoms with Crippen molar-refractivity contribution in [1.29, 1.82) is 0 Å². The van der Waals surface area contributed by atoms with E-state index in [9.17, 15) is 4.79 Å². The number of aromatic nitrogens is 3. The van der Waals surface area contributed by atoms with Gasteiger partial charge in [-0.25, -0.2) is 9.78 Å². The fraction of sp³-hybridized carbons (Fsp3) is 0.250. The van der Waals surface area contributed by atoms with Crippen LogP contribution in [0.3, 0.4) is 0 Å². The van der Waals surface area contributed by atoms with Gasteiger partial charge >= 0.3 is 5.97 Å². The number of carbonyl (C=O) groups is 1. The van der Waals surface area contributed by atoms with Gasteiger partial charge in [0, 0.05) is 7.05 Å². The Balaban J connectivity index is 1.98. The molecule has 2 rings (SSSR count). The first-order valence-corrected chi connectivity index (χ1v) is 5.25. The first kappa shape index (κ1) is 11.3. The van der Waals surface area contributed by atoms with Gasteiger partial charge in [0.25, 0.3) is 5.82 Å². The van der Waals surface area contributed by atoms with Crippen molar-refractivity contribution in [3.8, 4) is 0 Å². The highest BCUT2D eigenvalue weighted by Gasteiger charge is 2.14. The number of hydrogen-bond acceptors (Lipinski definition) is 4. The molecule has 0 spiro atoms. The number of benzene rings is 1. The van der Waals surface area contributed by atoms with Gasteiger partial charge in [-0.3, -0.25) is 4.68 Å². The van der Waals surface area contributed by atoms with E-state index in [1.807, 2.05) is 30.3 Å². The molecular weight excluding hydrogens is 218 g/mol. The van der Waals surface area contributed by atoms with Gasteiger partial charge in [-0.1, -0.05) is 30.3 Å². The van der Waals surface area contributed by atoms with Crippen LogP contribution in [0.25, 0.3) is 0 Å². The minimum Gasteiger partial charge on any atom is -0.455 e. The lowest BCUT2D eigenvalue weighted by atomic mass is 10.2. The predicted molar refractivity (Wildman–Crippen MR) is 61.3 cm³/mol. The molecule has 0 unspecified atom stereocenters. The Morgan fingerprint density at radius 3 is 2.65 bits per heavy atom. The lowest BCUT2D eigenvalue weighted by Gasteiger charge is -2.01. The van der Waals surface area contributed by atoms with Gasteiger partial charge in [0.05, 0.1) is 0 Å². The van der Waals surface area contributed by atoms with Gasteiger partial charge < -0.3 is 4.74 Å². The monoisotopic (exact) mass is 231 g/mol. The van der Waals surface area contributed by atoms with Crippen molar-refractivity contribution in [2.75, 3.05) is 0 Å². The Labute approximate surface area is 99.1 Å². The molecule has 5 heteroatoms. The minimum absolute atomic E-state index is 0.0981. The van der Waals surface area contributed by atoms with Crippen molar-refractivity contribution in [3.63, 3.8) is 0 Å². The SMILES string of the molecule is Cc1nc(C(=O)OCc2ccccc2)nn1C. The van der Waals surface area contributed by atoms with E-state index in [0.717, 1.165) is 5.56 Å². The first-order chi connectivity index (χ1) is 8.16. The van der Waals surface area contributed by atoms with Crippen LogP contribution >= 0.6 is 0 Å². The zero-order chi connectivity index (χ0) is 12.3. The van der Waals surface area contributed by atoms with Gasteiger partial charge in [0.1, 0.15) is 12.4 Å². The lowest BCUT2D eigenvalue weighted by Crippen LogP contribution is -2.08. The fourth-order valence-electron chi connectivity index (χ4n) is 1.34. The molecule has 0 radical (unpaired) electrons. The average molecular weight is 231 g/mol. The normalized spacial score (nSPS) is 10.2. The van der Waals surface area contributed by atoms with E-state index < -0.39 is 5.97 Å². The summed E-state index contributed by atoms with van der Waals surface area (Å²) >= 11 is 0. The molecule has 5 nitrogen and oxygen atoms in total. The van der Waals surface area contributed by atoms with Crippen molar-refractivity contribution in [2.45, 2.75) is 13.5 Å². The second kappa shape index (κ2) is 4.78. The largest absolute Gasteiger partial charge is 0.455 e. The van der Waals surface area contributed by atoms with Gasteiger partial charge in [-0.05, 0) is 12.5 Å². The zero-order valence-corrected chi connectivity index (χ0v) is 9.75. The van der Waals surface area contributed by atoms with Gasteiger partial charge in [-0.2, -0.15) is 0 Å². The Kier molecular flexibility index (Phi) is 3.18. The molecular formula is C12H13N3O2. The minimum atomic E-state index is -0.502. The van der Waals surface area contributed by atoms with Gasteiger partial charge in [0.2, 0.25) is 0 Å². The topological polar surface area (TPSA) is 57.0 Å². The summed E-state index contributed by atoms with van der Waals surface area (Å²) in [6, 6.07) is 9.49. The second-order valence-corrected chi connectivity index (χ2v) is 3.67. The molecule has 0 N–H and O–H groups in total. The molecule has 0 fully saturated rings. The maximum Gasteiger partial charge on any atom is 0.378 e. The highest BCUT2D eigenvalue weighted by Crippen LogP contribution is 2.03. The summed E-state index contributed by atoms with van der Waals surface area (Å²) in [4.78, 5) is 15.6. The molecule has 0 saturated heterocycles. The summed E-state index contributed by atoms with van der Waals surface area (Å²) in [6.45, 7) is 2.01. The lowest BCUT2D eigenvalue weighted by molar-refractivity contribution is 0.0458. The third-order valence-corrected chi connectivity index (χ3v) is 2.38. The molecule has 0 aliphatic rings. The molecule has 88 valence electrons. The van der Waals surface area contributed by atoms with Crippen LogP contribution in [0.15, 0.2) is 30.3 Å². The van der Waals surface area contributed by atoms with E-state index >= 15 is 0 Å². The van der Waals surface area contributed by atoms with E-state index in [0.29, 0.717) is 5.82 Å². The number of hydrogen-bond donors (Lipinski definition) is 0. The first-order valence-electron chi connectivity index (χ1n) is 5.25. The average Bonchev–Trinajstić information content (AvgIpc) is 2.68. The molecule has 0 bridgehead atoms. The van der Waals surface area contributed by atoms with Crippen LogP contribution in [0.5, 0.6) is 0 Å². The highest BCUT2D eigenvalue weighted by atomic mass is 16.5. The van der Waals surface area contributed by atoms with Crippen molar-refractivity contribution in [1.82, 2.24) is 14.8 Å². The summed E-state index contributed by atoms with van der Waals surface area (Å²) in [7, 11) is 1.73. The Hall–Kier alpha value is -2.17. The number of rotatable bonds is 3. The molecule has 2 aromatic rings. The Bertz CT molecular complexity index is 500. The maximum absolute atomic E-state index is 11.6. The van der Waals surface area contributed by atoms with Crippen molar-refractivity contribution < 1.29 is 9.53 Å². The number of carbonyl (C=O) groups excluding carboxylic acids is 1. The maximum atomic E-state index is 11.6. The van der Waals surface area contributed by atoms with E-state index in [2.05, 4.69) is 10.1 Å². The molecule has 0 aliphatic carbocycles. The van der Waals surface area contributed by atoms with Crippen LogP contribution in [-0.2, 0) is 18.4 Å². The van der Waals surface area contributed by atoms with Crippen LogP contribution in [-0.4, -0.2) is 20.7 Å². The number of aryl methyl sites for hydroxylation is 2. The fourth-order valence-corrected chi connectivity index (χ4v) is 1.34. The van der Waals surface area contributed by atoms with E-state index in [1.165, 1.54) is 0 Å². The zero-order valence-electron chi connectivity index (χ0n) is 9.75. The second-order valence-electron chi connectivity index (χ2n) is 3.67. The third-order valence-electron chi connectivity index (χ3n) is 2.38.